The van der Waals surface area contributed by atoms with Crippen LogP contribution in [0.5, 0.6) is 0 Å². The molecule has 6 heteroatoms. The summed E-state index contributed by atoms with van der Waals surface area (Å²) < 4.78 is 14.1. The number of hydrogen-bond donors (Lipinski definition) is 1. The van der Waals surface area contributed by atoms with Gasteiger partial charge in [-0.15, -0.1) is 0 Å². The molecule has 3 aromatic rings. The van der Waals surface area contributed by atoms with Gasteiger partial charge >= 0.3 is 5.69 Å². The highest BCUT2D eigenvalue weighted by Gasteiger charge is 2.18. The Bertz CT molecular complexity index is 877. The number of nitrogens with zero attached hydrogens (tertiary/aromatic N) is 1. The van der Waals surface area contributed by atoms with E-state index in [0.717, 1.165) is 0 Å². The zero-order chi connectivity index (χ0) is 14.3. The maximum absolute atomic E-state index is 13.9. The minimum atomic E-state index is -0.863. The highest BCUT2D eigenvalue weighted by Crippen LogP contribution is 2.27. The maximum Gasteiger partial charge on any atom is 0.499 e. The summed E-state index contributed by atoms with van der Waals surface area (Å²) in [5, 5.41) is 12.8. The Morgan fingerprint density at radius 3 is 2.70 bits per heavy atom. The third-order valence-corrected chi connectivity index (χ3v) is 3.23. The van der Waals surface area contributed by atoms with Gasteiger partial charge in [0.05, 0.1) is 10.9 Å². The van der Waals surface area contributed by atoms with E-state index in [-0.39, 0.29) is 16.0 Å². The van der Waals surface area contributed by atoms with Crippen molar-refractivity contribution in [3.05, 3.63) is 69.0 Å². The van der Waals surface area contributed by atoms with Crippen LogP contribution in [0.4, 0.5) is 4.39 Å². The molecule has 1 heterocycles. The zero-order valence-electron chi connectivity index (χ0n) is 10.1. The SMILES string of the molecule is O=c1[nH]c2ccc(Cl)cc2c(-c2ccccc2F)[n+]1[O-]. The van der Waals surface area contributed by atoms with Crippen LogP contribution in [0.15, 0.2) is 47.3 Å². The minimum Gasteiger partial charge on any atom is -0.708 e. The number of fused-ring (bicyclic) bond motifs is 1. The summed E-state index contributed by atoms with van der Waals surface area (Å²) in [4.78, 5) is 14.1. The summed E-state index contributed by atoms with van der Waals surface area (Å²) in [6.07, 6.45) is 0. The van der Waals surface area contributed by atoms with Gasteiger partial charge in [-0.3, -0.25) is 0 Å². The van der Waals surface area contributed by atoms with E-state index in [0.29, 0.717) is 15.9 Å². The predicted octanol–water partition coefficient (Wildman–Crippen LogP) is 2.62. The predicted molar refractivity (Wildman–Crippen MR) is 73.9 cm³/mol. The summed E-state index contributed by atoms with van der Waals surface area (Å²) in [5.41, 5.74) is -0.437. The molecule has 3 rings (SSSR count). The first-order valence-electron chi connectivity index (χ1n) is 5.78. The van der Waals surface area contributed by atoms with Crippen LogP contribution in [0.25, 0.3) is 22.2 Å². The van der Waals surface area contributed by atoms with Crippen LogP contribution >= 0.6 is 11.6 Å². The van der Waals surface area contributed by atoms with Gasteiger partial charge in [0, 0.05) is 5.02 Å². The van der Waals surface area contributed by atoms with E-state index in [9.17, 15) is 14.4 Å². The lowest BCUT2D eigenvalue weighted by atomic mass is 10.1. The molecule has 0 radical (unpaired) electrons. The topological polar surface area (TPSA) is 59.8 Å². The summed E-state index contributed by atoms with van der Waals surface area (Å²) >= 11 is 5.91. The van der Waals surface area contributed by atoms with E-state index >= 15 is 0 Å². The Labute approximate surface area is 117 Å². The Kier molecular flexibility index (Phi) is 2.91. The first-order valence-corrected chi connectivity index (χ1v) is 6.16. The van der Waals surface area contributed by atoms with Crippen molar-refractivity contribution in [3.63, 3.8) is 0 Å². The molecular formula is C14H8ClFN2O2. The fourth-order valence-corrected chi connectivity index (χ4v) is 2.28. The first kappa shape index (κ1) is 12.6. The maximum atomic E-state index is 13.9. The fourth-order valence-electron chi connectivity index (χ4n) is 2.11. The van der Waals surface area contributed by atoms with Crippen molar-refractivity contribution >= 4 is 22.5 Å². The van der Waals surface area contributed by atoms with Crippen LogP contribution in [-0.2, 0) is 0 Å². The highest BCUT2D eigenvalue weighted by atomic mass is 35.5. The molecule has 100 valence electrons. The molecule has 0 bridgehead atoms. The summed E-state index contributed by atoms with van der Waals surface area (Å²) in [5.74, 6) is -0.580. The third kappa shape index (κ3) is 1.92. The van der Waals surface area contributed by atoms with Crippen LogP contribution in [0.3, 0.4) is 0 Å². The molecule has 0 spiro atoms. The van der Waals surface area contributed by atoms with Crippen molar-refractivity contribution in [2.45, 2.75) is 0 Å². The smallest absolute Gasteiger partial charge is 0.499 e. The minimum absolute atomic E-state index is 0.0515. The second-order valence-electron chi connectivity index (χ2n) is 4.24. The van der Waals surface area contributed by atoms with Crippen LogP contribution in [0.1, 0.15) is 0 Å². The molecule has 0 aliphatic carbocycles. The lowest BCUT2D eigenvalue weighted by Crippen LogP contribution is -2.48. The normalized spacial score (nSPS) is 10.9. The molecule has 0 amide bonds. The van der Waals surface area contributed by atoms with Gasteiger partial charge in [0.2, 0.25) is 0 Å². The van der Waals surface area contributed by atoms with Crippen LogP contribution in [0.2, 0.25) is 5.02 Å². The third-order valence-electron chi connectivity index (χ3n) is 2.99. The van der Waals surface area contributed by atoms with Gasteiger partial charge in [-0.05, 0) is 30.3 Å². The van der Waals surface area contributed by atoms with Crippen molar-refractivity contribution in [3.8, 4) is 11.3 Å². The molecule has 4 nitrogen and oxygen atoms in total. The summed E-state index contributed by atoms with van der Waals surface area (Å²) in [7, 11) is 0. The summed E-state index contributed by atoms with van der Waals surface area (Å²) in [6, 6.07) is 10.4. The average molecular weight is 291 g/mol. The van der Waals surface area contributed by atoms with Crippen LogP contribution in [0, 0.1) is 11.0 Å². The van der Waals surface area contributed by atoms with Crippen molar-refractivity contribution in [1.82, 2.24) is 4.98 Å². The molecule has 1 aromatic heterocycles. The number of benzene rings is 2. The number of aromatic amines is 1. The molecule has 0 aliphatic rings. The molecule has 0 aliphatic heterocycles. The molecular weight excluding hydrogens is 283 g/mol. The standard InChI is InChI=1S/C14H8ClFN2O2/c15-8-5-6-12-10(7-8)13(18(20)14(19)17-12)9-3-1-2-4-11(9)16/h1-7H,(H,17,19). The Morgan fingerprint density at radius 2 is 1.95 bits per heavy atom. The Hall–Kier alpha value is -2.40. The largest absolute Gasteiger partial charge is 0.708 e. The second kappa shape index (κ2) is 4.61. The van der Waals surface area contributed by atoms with E-state index in [1.54, 1.807) is 18.2 Å². The number of aromatic nitrogens is 2. The fraction of sp³-hybridized carbons (Fsp3) is 0. The van der Waals surface area contributed by atoms with Gasteiger partial charge in [-0.25, -0.2) is 9.37 Å². The Morgan fingerprint density at radius 1 is 1.20 bits per heavy atom. The molecule has 2 aromatic carbocycles. The zero-order valence-corrected chi connectivity index (χ0v) is 10.8. The van der Waals surface area contributed by atoms with Crippen molar-refractivity contribution < 1.29 is 9.12 Å². The van der Waals surface area contributed by atoms with Crippen molar-refractivity contribution in [2.24, 2.45) is 0 Å². The quantitative estimate of drug-likeness (QED) is 0.553. The number of halogens is 2. The number of hydrogen-bond acceptors (Lipinski definition) is 2. The van der Waals surface area contributed by atoms with Gasteiger partial charge in [0.25, 0.3) is 0 Å². The van der Waals surface area contributed by atoms with Gasteiger partial charge < -0.3 is 5.21 Å². The molecule has 0 saturated heterocycles. The molecule has 0 atom stereocenters. The second-order valence-corrected chi connectivity index (χ2v) is 4.68. The van der Waals surface area contributed by atoms with E-state index in [4.69, 9.17) is 11.6 Å². The monoisotopic (exact) mass is 290 g/mol. The van der Waals surface area contributed by atoms with Gasteiger partial charge in [0.15, 0.2) is 5.69 Å². The highest BCUT2D eigenvalue weighted by molar-refractivity contribution is 6.31. The van der Waals surface area contributed by atoms with E-state index in [2.05, 4.69) is 4.98 Å². The summed E-state index contributed by atoms with van der Waals surface area (Å²) in [6.45, 7) is 0. The van der Waals surface area contributed by atoms with E-state index in [1.165, 1.54) is 24.3 Å². The van der Waals surface area contributed by atoms with Gasteiger partial charge in [-0.2, -0.15) is 9.52 Å². The van der Waals surface area contributed by atoms with Gasteiger partial charge in [0.1, 0.15) is 11.3 Å². The Balaban J connectivity index is 2.51. The van der Waals surface area contributed by atoms with E-state index in [1.807, 2.05) is 0 Å². The molecule has 0 fully saturated rings. The van der Waals surface area contributed by atoms with Crippen molar-refractivity contribution in [2.75, 3.05) is 0 Å². The van der Waals surface area contributed by atoms with Crippen molar-refractivity contribution in [1.29, 1.82) is 0 Å². The lowest BCUT2D eigenvalue weighted by molar-refractivity contribution is -0.611. The molecule has 20 heavy (non-hydrogen) atoms. The first-order chi connectivity index (χ1) is 9.58. The molecule has 0 saturated carbocycles. The number of nitrogens with one attached hydrogen (secondary N) is 1. The van der Waals surface area contributed by atoms with Gasteiger partial charge in [-0.1, -0.05) is 23.7 Å². The number of rotatable bonds is 1. The number of H-pyrrole nitrogens is 1. The van der Waals surface area contributed by atoms with Crippen LogP contribution in [-0.4, -0.2) is 4.98 Å². The average Bonchev–Trinajstić information content (AvgIpc) is 2.42. The molecule has 0 unspecified atom stereocenters. The van der Waals surface area contributed by atoms with Crippen LogP contribution < -0.4 is 10.4 Å². The molecule has 1 N–H and O–H groups in total. The lowest BCUT2D eigenvalue weighted by Gasteiger charge is -2.11. The van der Waals surface area contributed by atoms with E-state index < -0.39 is 11.5 Å².